The van der Waals surface area contributed by atoms with E-state index in [4.69, 9.17) is 0 Å². The Balaban J connectivity index is 2.55. The molecular formula is C15H31NO2S. The van der Waals surface area contributed by atoms with Gasteiger partial charge in [0.2, 0.25) is 0 Å². The van der Waals surface area contributed by atoms with Crippen molar-refractivity contribution < 1.29 is 8.42 Å². The third kappa shape index (κ3) is 7.93. The van der Waals surface area contributed by atoms with E-state index in [9.17, 15) is 8.42 Å². The van der Waals surface area contributed by atoms with Crippen LogP contribution in [-0.4, -0.2) is 32.5 Å². The van der Waals surface area contributed by atoms with Crippen LogP contribution in [0.25, 0.3) is 0 Å². The van der Waals surface area contributed by atoms with Gasteiger partial charge in [-0.3, -0.25) is 0 Å². The normalized spacial score (nSPS) is 26.1. The van der Waals surface area contributed by atoms with Gasteiger partial charge >= 0.3 is 0 Å². The zero-order chi connectivity index (χ0) is 14.5. The zero-order valence-electron chi connectivity index (χ0n) is 13.0. The second-order valence-corrected chi connectivity index (χ2v) is 9.47. The van der Waals surface area contributed by atoms with Crippen molar-refractivity contribution in [3.05, 3.63) is 0 Å². The fraction of sp³-hybridized carbons (Fsp3) is 1.00. The van der Waals surface area contributed by atoms with Gasteiger partial charge in [-0.25, -0.2) is 8.42 Å². The van der Waals surface area contributed by atoms with Gasteiger partial charge in [0.05, 0.1) is 5.75 Å². The van der Waals surface area contributed by atoms with Gasteiger partial charge < -0.3 is 5.32 Å². The van der Waals surface area contributed by atoms with Gasteiger partial charge in [0, 0.05) is 11.8 Å². The van der Waals surface area contributed by atoms with Crippen LogP contribution in [0.1, 0.15) is 59.3 Å². The number of nitrogens with one attached hydrogen (secondary N) is 1. The van der Waals surface area contributed by atoms with E-state index in [1.165, 1.54) is 38.4 Å². The summed E-state index contributed by atoms with van der Waals surface area (Å²) < 4.78 is 22.7. The first-order valence-corrected chi connectivity index (χ1v) is 9.66. The predicted octanol–water partition coefficient (Wildman–Crippen LogP) is 3.01. The Morgan fingerprint density at radius 2 is 1.63 bits per heavy atom. The first kappa shape index (κ1) is 17.0. The lowest BCUT2D eigenvalue weighted by Crippen LogP contribution is -2.40. The summed E-state index contributed by atoms with van der Waals surface area (Å²) in [6, 6.07) is 0. The molecule has 0 spiro atoms. The van der Waals surface area contributed by atoms with E-state index < -0.39 is 9.84 Å². The van der Waals surface area contributed by atoms with Gasteiger partial charge in [0.15, 0.2) is 0 Å². The topological polar surface area (TPSA) is 46.2 Å². The van der Waals surface area contributed by atoms with Crippen molar-refractivity contribution in [1.29, 1.82) is 0 Å². The van der Waals surface area contributed by atoms with Crippen molar-refractivity contribution in [1.82, 2.24) is 5.32 Å². The molecule has 0 radical (unpaired) electrons. The first-order valence-electron chi connectivity index (χ1n) is 7.60. The average Bonchev–Trinajstić information content (AvgIpc) is 2.46. The van der Waals surface area contributed by atoms with Crippen molar-refractivity contribution in [3.8, 4) is 0 Å². The van der Waals surface area contributed by atoms with Crippen molar-refractivity contribution in [2.75, 3.05) is 18.6 Å². The summed E-state index contributed by atoms with van der Waals surface area (Å²) in [5.41, 5.74) is 0.147. The van der Waals surface area contributed by atoms with E-state index in [-0.39, 0.29) is 5.54 Å². The van der Waals surface area contributed by atoms with Gasteiger partial charge in [-0.15, -0.1) is 0 Å². The highest BCUT2D eigenvalue weighted by Crippen LogP contribution is 2.31. The Morgan fingerprint density at radius 3 is 2.16 bits per heavy atom. The smallest absolute Gasteiger partial charge is 0.147 e. The largest absolute Gasteiger partial charge is 0.312 e. The lowest BCUT2D eigenvalue weighted by atomic mass is 9.85. The van der Waals surface area contributed by atoms with Crippen LogP contribution >= 0.6 is 0 Å². The lowest BCUT2D eigenvalue weighted by Gasteiger charge is -2.29. The summed E-state index contributed by atoms with van der Waals surface area (Å²) >= 11 is 0. The molecule has 0 aliphatic heterocycles. The molecule has 2 unspecified atom stereocenters. The summed E-state index contributed by atoms with van der Waals surface area (Å²) in [4.78, 5) is 0. The van der Waals surface area contributed by atoms with Crippen molar-refractivity contribution >= 4 is 9.84 Å². The summed E-state index contributed by atoms with van der Waals surface area (Å²) in [6.45, 7) is 7.59. The third-order valence-corrected chi connectivity index (χ3v) is 5.05. The molecule has 4 heteroatoms. The second-order valence-electron chi connectivity index (χ2n) is 7.21. The van der Waals surface area contributed by atoms with E-state index >= 15 is 0 Å². The molecule has 0 aromatic carbocycles. The molecule has 0 aromatic heterocycles. The molecule has 114 valence electrons. The Kier molecular flexibility index (Phi) is 6.31. The van der Waals surface area contributed by atoms with Crippen LogP contribution in [-0.2, 0) is 9.84 Å². The van der Waals surface area contributed by atoms with Gasteiger partial charge in [-0.05, 0) is 52.0 Å². The quantitative estimate of drug-likeness (QED) is 0.791. The van der Waals surface area contributed by atoms with Crippen LogP contribution in [0.4, 0.5) is 0 Å². The Hall–Kier alpha value is -0.0900. The third-order valence-electron chi connectivity index (χ3n) is 4.07. The SMILES string of the molecule is CC(C)(C)NCC1CCCCCC1CCS(C)(=O)=O. The van der Waals surface area contributed by atoms with E-state index in [0.717, 1.165) is 13.0 Å². The number of sulfone groups is 1. The Bertz CT molecular complexity index is 357. The predicted molar refractivity (Wildman–Crippen MR) is 82.1 cm³/mol. The Morgan fingerprint density at radius 1 is 1.05 bits per heavy atom. The highest BCUT2D eigenvalue weighted by atomic mass is 32.2. The van der Waals surface area contributed by atoms with E-state index in [1.807, 2.05) is 0 Å². The molecule has 19 heavy (non-hydrogen) atoms. The number of hydrogen-bond acceptors (Lipinski definition) is 3. The zero-order valence-corrected chi connectivity index (χ0v) is 13.9. The lowest BCUT2D eigenvalue weighted by molar-refractivity contribution is 0.266. The monoisotopic (exact) mass is 289 g/mol. The van der Waals surface area contributed by atoms with E-state index in [2.05, 4.69) is 26.1 Å². The van der Waals surface area contributed by atoms with Gasteiger partial charge in [-0.1, -0.05) is 25.7 Å². The summed E-state index contributed by atoms with van der Waals surface area (Å²) in [6.07, 6.45) is 8.51. The standard InChI is InChI=1S/C15H31NO2S/c1-15(2,3)16-12-14-9-7-5-6-8-13(14)10-11-19(4,17)18/h13-14,16H,5-12H2,1-4H3. The second kappa shape index (κ2) is 7.07. The van der Waals surface area contributed by atoms with Gasteiger partial charge in [0.25, 0.3) is 0 Å². The van der Waals surface area contributed by atoms with Gasteiger partial charge in [0.1, 0.15) is 9.84 Å². The minimum atomic E-state index is -2.82. The minimum Gasteiger partial charge on any atom is -0.312 e. The molecule has 3 nitrogen and oxygen atoms in total. The molecule has 0 saturated heterocycles. The fourth-order valence-electron chi connectivity index (χ4n) is 2.91. The molecule has 0 bridgehead atoms. The molecule has 1 aliphatic rings. The van der Waals surface area contributed by atoms with Crippen molar-refractivity contribution in [2.24, 2.45) is 11.8 Å². The average molecular weight is 289 g/mol. The maximum absolute atomic E-state index is 11.4. The molecule has 1 aliphatic carbocycles. The fourth-order valence-corrected chi connectivity index (χ4v) is 3.64. The van der Waals surface area contributed by atoms with Crippen LogP contribution in [0.5, 0.6) is 0 Å². The Labute approximate surface area is 119 Å². The highest BCUT2D eigenvalue weighted by molar-refractivity contribution is 7.90. The maximum Gasteiger partial charge on any atom is 0.147 e. The molecule has 1 rings (SSSR count). The minimum absolute atomic E-state index is 0.147. The van der Waals surface area contributed by atoms with Crippen molar-refractivity contribution in [3.63, 3.8) is 0 Å². The number of hydrogen-bond donors (Lipinski definition) is 1. The van der Waals surface area contributed by atoms with Crippen LogP contribution in [0.2, 0.25) is 0 Å². The highest BCUT2D eigenvalue weighted by Gasteiger charge is 2.25. The van der Waals surface area contributed by atoms with E-state index in [1.54, 1.807) is 0 Å². The molecule has 1 saturated carbocycles. The molecule has 0 aromatic rings. The van der Waals surface area contributed by atoms with E-state index in [0.29, 0.717) is 17.6 Å². The summed E-state index contributed by atoms with van der Waals surface area (Å²) in [7, 11) is -2.82. The molecule has 0 heterocycles. The molecular weight excluding hydrogens is 258 g/mol. The molecule has 2 atom stereocenters. The maximum atomic E-state index is 11.4. The van der Waals surface area contributed by atoms with Crippen molar-refractivity contribution in [2.45, 2.75) is 64.8 Å². The van der Waals surface area contributed by atoms with Crippen LogP contribution in [0, 0.1) is 11.8 Å². The van der Waals surface area contributed by atoms with Crippen LogP contribution < -0.4 is 5.32 Å². The summed E-state index contributed by atoms with van der Waals surface area (Å²) in [5.74, 6) is 1.57. The van der Waals surface area contributed by atoms with Crippen LogP contribution in [0.15, 0.2) is 0 Å². The first-order chi connectivity index (χ1) is 8.67. The molecule has 1 N–H and O–H groups in total. The number of rotatable bonds is 5. The summed E-state index contributed by atoms with van der Waals surface area (Å²) in [5, 5.41) is 3.60. The van der Waals surface area contributed by atoms with Gasteiger partial charge in [-0.2, -0.15) is 0 Å². The molecule has 1 fully saturated rings. The van der Waals surface area contributed by atoms with Crippen LogP contribution in [0.3, 0.4) is 0 Å². The molecule has 0 amide bonds.